The van der Waals surface area contributed by atoms with Crippen LogP contribution in [0, 0.1) is 12.8 Å². The Hall–Kier alpha value is -3.16. The standard InChI is InChI=1S/C17H19N3O5/c1-10-4-3-5-11(6-10)7-12(16(23)24)8-18-14(21)13-9-19-17(25)20(2)15(13)22/h3-6,9,12H,7-8H2,1-2H3,(H,18,21)(H,19,25)(H,23,24). The van der Waals surface area contributed by atoms with Crippen LogP contribution >= 0.6 is 0 Å². The van der Waals surface area contributed by atoms with Crippen molar-refractivity contribution in [3.63, 3.8) is 0 Å². The minimum atomic E-state index is -1.05. The summed E-state index contributed by atoms with van der Waals surface area (Å²) in [5.74, 6) is -2.61. The monoisotopic (exact) mass is 345 g/mol. The highest BCUT2D eigenvalue weighted by atomic mass is 16.4. The molecule has 0 aliphatic carbocycles. The van der Waals surface area contributed by atoms with E-state index in [1.54, 1.807) is 0 Å². The average Bonchev–Trinajstić information content (AvgIpc) is 2.56. The first-order valence-corrected chi connectivity index (χ1v) is 7.65. The van der Waals surface area contributed by atoms with Crippen molar-refractivity contribution in [2.45, 2.75) is 13.3 Å². The Balaban J connectivity index is 2.10. The molecule has 1 aromatic heterocycles. The van der Waals surface area contributed by atoms with E-state index < -0.39 is 29.0 Å². The van der Waals surface area contributed by atoms with E-state index in [4.69, 9.17) is 0 Å². The number of rotatable bonds is 6. The second kappa shape index (κ2) is 7.61. The van der Waals surface area contributed by atoms with Crippen molar-refractivity contribution in [1.29, 1.82) is 0 Å². The summed E-state index contributed by atoms with van der Waals surface area (Å²) in [4.78, 5) is 49.0. The van der Waals surface area contributed by atoms with Gasteiger partial charge in [0.1, 0.15) is 5.56 Å². The van der Waals surface area contributed by atoms with Crippen molar-refractivity contribution in [3.05, 3.63) is 68.0 Å². The summed E-state index contributed by atoms with van der Waals surface area (Å²) in [7, 11) is 1.25. The third kappa shape index (κ3) is 4.43. The minimum Gasteiger partial charge on any atom is -0.481 e. The third-order valence-electron chi connectivity index (χ3n) is 3.85. The number of nitrogens with zero attached hydrogens (tertiary/aromatic N) is 1. The molecule has 1 amide bonds. The quantitative estimate of drug-likeness (QED) is 0.683. The zero-order valence-corrected chi connectivity index (χ0v) is 13.9. The second-order valence-corrected chi connectivity index (χ2v) is 5.81. The Kier molecular flexibility index (Phi) is 5.53. The highest BCUT2D eigenvalue weighted by Gasteiger charge is 2.21. The van der Waals surface area contributed by atoms with E-state index >= 15 is 0 Å². The van der Waals surface area contributed by atoms with Gasteiger partial charge in [0.15, 0.2) is 0 Å². The number of H-pyrrole nitrogens is 1. The van der Waals surface area contributed by atoms with E-state index in [1.165, 1.54) is 7.05 Å². The van der Waals surface area contributed by atoms with Crippen molar-refractivity contribution >= 4 is 11.9 Å². The molecule has 25 heavy (non-hydrogen) atoms. The Labute approximate surface area is 143 Å². The molecule has 0 fully saturated rings. The van der Waals surface area contributed by atoms with Gasteiger partial charge in [0.05, 0.1) is 5.92 Å². The van der Waals surface area contributed by atoms with E-state index in [9.17, 15) is 24.3 Å². The lowest BCUT2D eigenvalue weighted by Gasteiger charge is -2.14. The molecule has 0 aliphatic heterocycles. The lowest BCUT2D eigenvalue weighted by atomic mass is 9.98. The number of hydrogen-bond donors (Lipinski definition) is 3. The molecule has 2 rings (SSSR count). The molecule has 0 radical (unpaired) electrons. The van der Waals surface area contributed by atoms with Crippen molar-refractivity contribution in [1.82, 2.24) is 14.9 Å². The molecule has 0 saturated carbocycles. The summed E-state index contributed by atoms with van der Waals surface area (Å²) in [6.45, 7) is 1.78. The molecular weight excluding hydrogens is 326 g/mol. The number of amides is 1. The number of benzene rings is 1. The van der Waals surface area contributed by atoms with Gasteiger partial charge >= 0.3 is 11.7 Å². The topological polar surface area (TPSA) is 121 Å². The molecule has 0 bridgehead atoms. The van der Waals surface area contributed by atoms with Crippen LogP contribution in [0.25, 0.3) is 0 Å². The van der Waals surface area contributed by atoms with E-state index in [1.807, 2.05) is 31.2 Å². The normalized spacial score (nSPS) is 11.8. The average molecular weight is 345 g/mol. The highest BCUT2D eigenvalue weighted by molar-refractivity contribution is 5.93. The number of carboxylic acid groups (broad SMARTS) is 1. The van der Waals surface area contributed by atoms with Crippen LogP contribution in [0.1, 0.15) is 21.5 Å². The lowest BCUT2D eigenvalue weighted by Crippen LogP contribution is -2.41. The Bertz CT molecular complexity index is 913. The predicted molar refractivity (Wildman–Crippen MR) is 90.6 cm³/mol. The molecule has 1 atom stereocenters. The molecule has 0 aliphatic rings. The van der Waals surface area contributed by atoms with Gasteiger partial charge in [-0.1, -0.05) is 29.8 Å². The molecule has 8 heteroatoms. The first kappa shape index (κ1) is 18.2. The Morgan fingerprint density at radius 2 is 2.04 bits per heavy atom. The number of carbonyl (C=O) groups excluding carboxylic acids is 1. The summed E-state index contributed by atoms with van der Waals surface area (Å²) in [6, 6.07) is 7.46. The molecule has 132 valence electrons. The van der Waals surface area contributed by atoms with Crippen LogP contribution in [-0.4, -0.2) is 33.1 Å². The van der Waals surface area contributed by atoms with Crippen molar-refractivity contribution in [2.75, 3.05) is 6.54 Å². The van der Waals surface area contributed by atoms with Crippen LogP contribution in [0.3, 0.4) is 0 Å². The number of carboxylic acids is 1. The van der Waals surface area contributed by atoms with E-state index in [2.05, 4.69) is 10.3 Å². The lowest BCUT2D eigenvalue weighted by molar-refractivity contribution is -0.141. The summed E-state index contributed by atoms with van der Waals surface area (Å²) in [5, 5.41) is 11.8. The molecule has 8 nitrogen and oxygen atoms in total. The van der Waals surface area contributed by atoms with Gasteiger partial charge in [0, 0.05) is 19.8 Å². The van der Waals surface area contributed by atoms with Gasteiger partial charge in [-0.3, -0.25) is 19.0 Å². The van der Waals surface area contributed by atoms with E-state index in [0.717, 1.165) is 21.9 Å². The van der Waals surface area contributed by atoms with Crippen LogP contribution in [0.5, 0.6) is 0 Å². The highest BCUT2D eigenvalue weighted by Crippen LogP contribution is 2.11. The largest absolute Gasteiger partial charge is 0.481 e. The fourth-order valence-electron chi connectivity index (χ4n) is 2.41. The maximum Gasteiger partial charge on any atom is 0.328 e. The molecule has 1 unspecified atom stereocenters. The first-order chi connectivity index (χ1) is 11.8. The zero-order chi connectivity index (χ0) is 18.6. The fraction of sp³-hybridized carbons (Fsp3) is 0.294. The summed E-state index contributed by atoms with van der Waals surface area (Å²) < 4.78 is 0.774. The Morgan fingerprint density at radius 3 is 2.68 bits per heavy atom. The van der Waals surface area contributed by atoms with Gasteiger partial charge in [-0.15, -0.1) is 0 Å². The number of aliphatic carboxylic acids is 1. The SMILES string of the molecule is Cc1cccc(CC(CNC(=O)c2c[nH]c(=O)n(C)c2=O)C(=O)O)c1. The van der Waals surface area contributed by atoms with Crippen molar-refractivity contribution in [2.24, 2.45) is 13.0 Å². The van der Waals surface area contributed by atoms with Crippen LogP contribution in [0.15, 0.2) is 40.1 Å². The number of aromatic nitrogens is 2. The summed E-state index contributed by atoms with van der Waals surface area (Å²) >= 11 is 0. The van der Waals surface area contributed by atoms with E-state index in [-0.39, 0.29) is 18.5 Å². The van der Waals surface area contributed by atoms with Crippen LogP contribution in [0.4, 0.5) is 0 Å². The van der Waals surface area contributed by atoms with Crippen LogP contribution in [-0.2, 0) is 18.3 Å². The second-order valence-electron chi connectivity index (χ2n) is 5.81. The molecule has 3 N–H and O–H groups in total. The summed E-state index contributed by atoms with van der Waals surface area (Å²) in [6.07, 6.45) is 1.28. The number of aromatic amines is 1. The molecule has 1 heterocycles. The maximum absolute atomic E-state index is 12.1. The third-order valence-corrected chi connectivity index (χ3v) is 3.85. The molecule has 0 spiro atoms. The molecule has 1 aromatic carbocycles. The summed E-state index contributed by atoms with van der Waals surface area (Å²) in [5.41, 5.74) is 0.238. The van der Waals surface area contributed by atoms with Crippen LogP contribution in [0.2, 0.25) is 0 Å². The minimum absolute atomic E-state index is 0.135. The van der Waals surface area contributed by atoms with E-state index in [0.29, 0.717) is 0 Å². The van der Waals surface area contributed by atoms with Crippen LogP contribution < -0.4 is 16.6 Å². The molecule has 2 aromatic rings. The maximum atomic E-state index is 12.1. The van der Waals surface area contributed by atoms with Gasteiger partial charge in [0.25, 0.3) is 11.5 Å². The number of carbonyl (C=O) groups is 2. The number of aryl methyl sites for hydroxylation is 1. The van der Waals surface area contributed by atoms with Crippen molar-refractivity contribution < 1.29 is 14.7 Å². The van der Waals surface area contributed by atoms with Gasteiger partial charge in [-0.25, -0.2) is 4.79 Å². The van der Waals surface area contributed by atoms with Gasteiger partial charge < -0.3 is 15.4 Å². The first-order valence-electron chi connectivity index (χ1n) is 7.65. The zero-order valence-electron chi connectivity index (χ0n) is 13.9. The number of nitrogens with one attached hydrogen (secondary N) is 2. The smallest absolute Gasteiger partial charge is 0.328 e. The predicted octanol–water partition coefficient (Wildman–Crippen LogP) is 0.0553. The molecule has 0 saturated heterocycles. The van der Waals surface area contributed by atoms with Gasteiger partial charge in [-0.2, -0.15) is 0 Å². The number of hydrogen-bond acceptors (Lipinski definition) is 4. The Morgan fingerprint density at radius 1 is 1.32 bits per heavy atom. The van der Waals surface area contributed by atoms with Gasteiger partial charge in [-0.05, 0) is 18.9 Å². The molecular formula is C17H19N3O5. The fourth-order valence-corrected chi connectivity index (χ4v) is 2.41. The van der Waals surface area contributed by atoms with Gasteiger partial charge in [0.2, 0.25) is 0 Å². The van der Waals surface area contributed by atoms with Crippen molar-refractivity contribution in [3.8, 4) is 0 Å².